The second-order valence-electron chi connectivity index (χ2n) is 15.4. The molecule has 400 valence electrons. The van der Waals surface area contributed by atoms with E-state index in [1.807, 2.05) is 0 Å². The first-order valence-corrected chi connectivity index (χ1v) is 24.0. The minimum absolute atomic E-state index is 0. The summed E-state index contributed by atoms with van der Waals surface area (Å²) in [4.78, 5) is 75.5. The Labute approximate surface area is 452 Å². The standard InChI is InChI=1S/C14H13F3O2S.C10H9F3OS.C9H6F3NO3.C8H6F3NO2.C5H8O.CH4S.Na/c1-20-13-6-9(14(15,16)17)4-5-10(13)12(19)7-11(18)8-2-3-8;1-6(14)8-4-3-7(10(11,12)13)5-9(8)15-2;1-5(14)7-3-2-6(9(10,11)12)4-8(7)13(15)16;1-5-2-3-6(8(9,10)11)4-7(5)12(13)14;1-4(6)5-2-3-5;1-2;/h4-6,8H,2-3,7H2,1H3;3-5H,1-2H3;2-4H,1H3;2-4H,1H3;5H,2-3H2,1H3;2H,1H3;/q;;;;;;+1/p-1. The Bertz CT molecular complexity index is 2640. The van der Waals surface area contributed by atoms with Gasteiger partial charge in [0.1, 0.15) is 11.6 Å². The van der Waals surface area contributed by atoms with Gasteiger partial charge in [0.25, 0.3) is 11.4 Å². The molecular weight excluding hydrogens is 1080 g/mol. The summed E-state index contributed by atoms with van der Waals surface area (Å²) in [6.07, 6.45) is -9.47. The molecule has 0 heterocycles. The number of aryl methyl sites for hydroxylation is 1. The van der Waals surface area contributed by atoms with Crippen LogP contribution in [0.15, 0.2) is 82.6 Å². The molecule has 2 aliphatic carbocycles. The van der Waals surface area contributed by atoms with Gasteiger partial charge in [-0.1, -0.05) is 6.07 Å². The minimum Gasteiger partial charge on any atom is -0.796 e. The maximum Gasteiger partial charge on any atom is 1.00 e. The molecule has 4 aromatic carbocycles. The molecule has 0 unspecified atom stereocenters. The number of carbonyl (C=O) groups excluding carboxylic acids is 5. The zero-order chi connectivity index (χ0) is 56.6. The molecule has 0 aromatic heterocycles. The molecule has 0 radical (unpaired) electrons. The maximum absolute atomic E-state index is 12.6. The van der Waals surface area contributed by atoms with E-state index >= 15 is 0 Å². The predicted octanol–water partition coefficient (Wildman–Crippen LogP) is 11.5. The number of benzene rings is 4. The molecule has 27 heteroatoms. The quantitative estimate of drug-likeness (QED) is 0.0204. The number of nitro groups is 2. The number of nitro benzene ring substituents is 2. The third-order valence-corrected chi connectivity index (χ3v) is 11.4. The van der Waals surface area contributed by atoms with Crippen molar-refractivity contribution >= 4 is 76.4 Å². The first-order chi connectivity index (χ1) is 33.5. The third kappa shape index (κ3) is 23.0. The molecule has 74 heavy (non-hydrogen) atoms. The third-order valence-electron chi connectivity index (χ3n) is 9.89. The van der Waals surface area contributed by atoms with Gasteiger partial charge in [-0.25, -0.2) is 0 Å². The van der Waals surface area contributed by atoms with Crippen LogP contribution in [0.25, 0.3) is 0 Å². The first kappa shape index (κ1) is 69.2. The van der Waals surface area contributed by atoms with Crippen molar-refractivity contribution in [1.29, 1.82) is 0 Å². The number of rotatable bonds is 11. The molecule has 0 amide bonds. The van der Waals surface area contributed by atoms with Crippen LogP contribution in [-0.2, 0) is 46.9 Å². The van der Waals surface area contributed by atoms with Crippen LogP contribution in [0, 0.1) is 39.0 Å². The molecular formula is C47H45F12N2NaO9S3. The van der Waals surface area contributed by atoms with Gasteiger partial charge in [-0.15, -0.1) is 23.5 Å². The molecule has 0 bridgehead atoms. The molecule has 2 fully saturated rings. The Kier molecular flexibility index (Phi) is 28.2. The average molecular weight is 1130 g/mol. The number of carbonyl (C=O) groups is 5. The van der Waals surface area contributed by atoms with Crippen molar-refractivity contribution in [1.82, 2.24) is 0 Å². The molecule has 2 saturated carbocycles. The fourth-order valence-electron chi connectivity index (χ4n) is 5.69. The van der Waals surface area contributed by atoms with Crippen molar-refractivity contribution in [3.05, 3.63) is 138 Å². The fourth-order valence-corrected chi connectivity index (χ4v) is 7.01. The second kappa shape index (κ2) is 30.1. The molecule has 0 N–H and O–H groups in total. The van der Waals surface area contributed by atoms with E-state index < -0.39 is 79.7 Å². The van der Waals surface area contributed by atoms with Crippen molar-refractivity contribution in [3.8, 4) is 0 Å². The summed E-state index contributed by atoms with van der Waals surface area (Å²) in [5.74, 6) is -0.582. The van der Waals surface area contributed by atoms with E-state index in [1.165, 1.54) is 19.9 Å². The van der Waals surface area contributed by atoms with Crippen LogP contribution in [0.3, 0.4) is 0 Å². The van der Waals surface area contributed by atoms with Crippen molar-refractivity contribution in [3.63, 3.8) is 0 Å². The molecule has 2 aliphatic rings. The Morgan fingerprint density at radius 2 is 0.865 bits per heavy atom. The molecule has 11 nitrogen and oxygen atoms in total. The number of ketones is 5. The van der Waals surface area contributed by atoms with E-state index in [4.69, 9.17) is 0 Å². The predicted molar refractivity (Wildman–Crippen MR) is 251 cm³/mol. The van der Waals surface area contributed by atoms with Gasteiger partial charge in [-0.2, -0.15) is 58.9 Å². The van der Waals surface area contributed by atoms with E-state index in [0.29, 0.717) is 40.4 Å². The monoisotopic (exact) mass is 1130 g/mol. The number of thioether (sulfide) groups is 2. The van der Waals surface area contributed by atoms with E-state index in [0.717, 1.165) is 105 Å². The summed E-state index contributed by atoms with van der Waals surface area (Å²) in [5, 5.41) is 20.8. The number of halogens is 12. The van der Waals surface area contributed by atoms with Crippen molar-refractivity contribution in [2.24, 2.45) is 11.8 Å². The van der Waals surface area contributed by atoms with E-state index in [-0.39, 0.29) is 75.0 Å². The molecule has 0 saturated heterocycles. The summed E-state index contributed by atoms with van der Waals surface area (Å²) in [5.41, 5.74) is -4.61. The van der Waals surface area contributed by atoms with Gasteiger partial charge in [0.2, 0.25) is 0 Å². The number of nitrogens with zero attached hydrogens (tertiary/aromatic N) is 2. The molecule has 0 aliphatic heterocycles. The van der Waals surface area contributed by atoms with Crippen LogP contribution in [0.2, 0.25) is 0 Å². The average Bonchev–Trinajstić information content (AvgIpc) is 4.23. The largest absolute Gasteiger partial charge is 1.00 e. The van der Waals surface area contributed by atoms with Gasteiger partial charge in [-0.05, 0) is 120 Å². The Hall–Kier alpha value is -4.76. The zero-order valence-corrected chi connectivity index (χ0v) is 44.9. The molecule has 4 aromatic rings. The topological polar surface area (TPSA) is 172 Å². The van der Waals surface area contributed by atoms with Crippen LogP contribution in [0.4, 0.5) is 64.1 Å². The van der Waals surface area contributed by atoms with Crippen molar-refractivity contribution in [2.75, 3.05) is 18.8 Å². The minimum atomic E-state index is -4.67. The van der Waals surface area contributed by atoms with Gasteiger partial charge in [-0.3, -0.25) is 44.2 Å². The van der Waals surface area contributed by atoms with Crippen LogP contribution in [0.1, 0.15) is 112 Å². The zero-order valence-electron chi connectivity index (χ0n) is 40.4. The molecule has 6 rings (SSSR count). The number of Topliss-reactive ketones (excluding diaryl/α,β-unsaturated/α-hetero) is 5. The van der Waals surface area contributed by atoms with Crippen molar-refractivity contribution < 1.29 is 116 Å². The van der Waals surface area contributed by atoms with E-state index in [2.05, 4.69) is 12.6 Å². The van der Waals surface area contributed by atoms with Crippen LogP contribution in [-0.4, -0.2) is 57.5 Å². The summed E-state index contributed by atoms with van der Waals surface area (Å²) in [6, 6.07) is 10.4. The Morgan fingerprint density at radius 1 is 0.541 bits per heavy atom. The van der Waals surface area contributed by atoms with Gasteiger partial charge >= 0.3 is 54.3 Å². The number of alkyl halides is 12. The SMILES string of the molecule is CC(=O)C1CC1.CC(=O)c1ccc(C(F)(F)F)cc1[N+](=O)[O-].CSc1cc(C(F)(F)F)ccc1C(=O)CC(=O)C1CC1.CSc1cc(C(F)(F)F)ccc1C(C)=O.C[S-].Cc1ccc(C(F)(F)F)cc1[N+](=O)[O-].[Na+]. The molecule has 0 atom stereocenters. The number of hydrogen-bond donors (Lipinski definition) is 0. The summed E-state index contributed by atoms with van der Waals surface area (Å²) < 4.78 is 148. The smallest absolute Gasteiger partial charge is 0.796 e. The van der Waals surface area contributed by atoms with Gasteiger partial charge in [0.15, 0.2) is 17.3 Å². The normalized spacial score (nSPS) is 12.8. The van der Waals surface area contributed by atoms with Crippen molar-refractivity contribution in [2.45, 2.75) is 94.3 Å². The first-order valence-electron chi connectivity index (χ1n) is 20.7. The second-order valence-corrected chi connectivity index (χ2v) is 17.1. The van der Waals surface area contributed by atoms with Gasteiger partial charge in [0.05, 0.1) is 44.1 Å². The summed E-state index contributed by atoms with van der Waals surface area (Å²) in [7, 11) is 0. The van der Waals surface area contributed by atoms with Crippen LogP contribution < -0.4 is 29.6 Å². The van der Waals surface area contributed by atoms with Crippen LogP contribution in [0.5, 0.6) is 0 Å². The summed E-state index contributed by atoms with van der Waals surface area (Å²) in [6.45, 7) is 5.44. The Morgan fingerprint density at radius 3 is 1.18 bits per heavy atom. The Balaban J connectivity index is 0.000000916. The van der Waals surface area contributed by atoms with Gasteiger partial charge in [0, 0.05) is 50.4 Å². The number of hydrogen-bond acceptors (Lipinski definition) is 12. The van der Waals surface area contributed by atoms with Gasteiger partial charge < -0.3 is 12.6 Å². The van der Waals surface area contributed by atoms with E-state index in [1.54, 1.807) is 25.7 Å². The molecule has 0 spiro atoms. The fraction of sp³-hybridized carbons (Fsp3) is 0.383. The van der Waals surface area contributed by atoms with E-state index in [9.17, 15) is 96.9 Å². The summed E-state index contributed by atoms with van der Waals surface area (Å²) >= 11 is 6.29. The van der Waals surface area contributed by atoms with Crippen LogP contribution >= 0.6 is 23.5 Å². The maximum atomic E-state index is 12.6.